The molecule has 0 N–H and O–H groups in total. The van der Waals surface area contributed by atoms with Crippen molar-refractivity contribution in [2.75, 3.05) is 6.54 Å². The van der Waals surface area contributed by atoms with Crippen LogP contribution in [0, 0.1) is 13.8 Å². The number of thiazole rings is 1. The molecule has 124 valence electrons. The molecule has 2 heterocycles. The minimum absolute atomic E-state index is 0.724. The second kappa shape index (κ2) is 7.01. The Morgan fingerprint density at radius 1 is 1.12 bits per heavy atom. The average molecular weight is 339 g/mol. The molecular weight excluding hydrogens is 318 g/mol. The van der Waals surface area contributed by atoms with Crippen molar-refractivity contribution in [2.45, 2.75) is 27.7 Å². The molecule has 4 nitrogen and oxygen atoms in total. The maximum absolute atomic E-state index is 5.68. The monoisotopic (exact) mass is 339 g/mol. The highest BCUT2D eigenvalue weighted by molar-refractivity contribution is 7.07. The SMILES string of the molecule is CCN=c1scc(-c2ccc(C)cc2)n1/N=C(/C)c1ccc(C)o1. The number of hydrogen-bond acceptors (Lipinski definition) is 4. The van der Waals surface area contributed by atoms with E-state index < -0.39 is 0 Å². The number of benzene rings is 1. The molecule has 0 aliphatic heterocycles. The summed E-state index contributed by atoms with van der Waals surface area (Å²) in [6, 6.07) is 12.4. The lowest BCUT2D eigenvalue weighted by atomic mass is 10.1. The van der Waals surface area contributed by atoms with Crippen LogP contribution in [0.15, 0.2) is 56.3 Å². The van der Waals surface area contributed by atoms with Crippen molar-refractivity contribution < 1.29 is 4.42 Å². The number of aryl methyl sites for hydroxylation is 2. The van der Waals surface area contributed by atoms with Gasteiger partial charge in [-0.1, -0.05) is 29.8 Å². The molecule has 0 unspecified atom stereocenters. The number of aromatic nitrogens is 1. The van der Waals surface area contributed by atoms with Crippen LogP contribution < -0.4 is 4.80 Å². The van der Waals surface area contributed by atoms with Crippen LogP contribution in [-0.2, 0) is 0 Å². The van der Waals surface area contributed by atoms with E-state index in [1.54, 1.807) is 11.3 Å². The Hall–Kier alpha value is -2.40. The van der Waals surface area contributed by atoms with Crippen LogP contribution in [0.4, 0.5) is 0 Å². The molecular formula is C19H21N3OS. The summed E-state index contributed by atoms with van der Waals surface area (Å²) in [5.41, 5.74) is 4.23. The third-order valence-electron chi connectivity index (χ3n) is 3.67. The number of furan rings is 1. The van der Waals surface area contributed by atoms with Gasteiger partial charge in [0.25, 0.3) is 0 Å². The third kappa shape index (κ3) is 3.41. The Morgan fingerprint density at radius 3 is 2.50 bits per heavy atom. The fourth-order valence-corrected chi connectivity index (χ4v) is 3.29. The van der Waals surface area contributed by atoms with Crippen LogP contribution in [0.5, 0.6) is 0 Å². The smallest absolute Gasteiger partial charge is 0.206 e. The lowest BCUT2D eigenvalue weighted by Gasteiger charge is -2.05. The Labute approximate surface area is 145 Å². The van der Waals surface area contributed by atoms with Gasteiger partial charge in [-0.15, -0.1) is 11.3 Å². The maximum Gasteiger partial charge on any atom is 0.206 e. The van der Waals surface area contributed by atoms with Gasteiger partial charge in [0.2, 0.25) is 4.80 Å². The van der Waals surface area contributed by atoms with E-state index in [4.69, 9.17) is 9.52 Å². The summed E-state index contributed by atoms with van der Waals surface area (Å²) in [7, 11) is 0. The Kier molecular flexibility index (Phi) is 4.81. The summed E-state index contributed by atoms with van der Waals surface area (Å²) in [4.78, 5) is 5.45. The molecule has 0 fully saturated rings. The molecule has 0 bridgehead atoms. The minimum atomic E-state index is 0.724. The summed E-state index contributed by atoms with van der Waals surface area (Å²) in [6.45, 7) is 8.73. The van der Waals surface area contributed by atoms with Crippen molar-refractivity contribution in [1.29, 1.82) is 0 Å². The van der Waals surface area contributed by atoms with Gasteiger partial charge in [-0.25, -0.2) is 4.68 Å². The first-order chi connectivity index (χ1) is 11.6. The first kappa shape index (κ1) is 16.5. The van der Waals surface area contributed by atoms with Crippen LogP contribution in [-0.4, -0.2) is 16.9 Å². The highest BCUT2D eigenvalue weighted by atomic mass is 32.1. The van der Waals surface area contributed by atoms with Gasteiger partial charge in [-0.2, -0.15) is 5.10 Å². The van der Waals surface area contributed by atoms with Gasteiger partial charge in [0.15, 0.2) is 0 Å². The van der Waals surface area contributed by atoms with E-state index in [2.05, 4.69) is 41.6 Å². The van der Waals surface area contributed by atoms with Crippen molar-refractivity contribution >= 4 is 17.0 Å². The number of nitrogens with zero attached hydrogens (tertiary/aromatic N) is 3. The van der Waals surface area contributed by atoms with Gasteiger partial charge in [-0.3, -0.25) is 4.99 Å². The van der Waals surface area contributed by atoms with Crippen molar-refractivity contribution in [1.82, 2.24) is 4.68 Å². The molecule has 0 spiro atoms. The van der Waals surface area contributed by atoms with Crippen molar-refractivity contribution in [3.8, 4) is 11.3 Å². The van der Waals surface area contributed by atoms with Crippen LogP contribution in [0.1, 0.15) is 30.9 Å². The Balaban J connectivity index is 2.13. The summed E-state index contributed by atoms with van der Waals surface area (Å²) < 4.78 is 7.59. The lowest BCUT2D eigenvalue weighted by Crippen LogP contribution is -2.14. The third-order valence-corrected chi connectivity index (χ3v) is 4.53. The highest BCUT2D eigenvalue weighted by Gasteiger charge is 2.10. The maximum atomic E-state index is 5.68. The molecule has 0 atom stereocenters. The second-order valence-corrected chi connectivity index (χ2v) is 6.49. The zero-order valence-electron chi connectivity index (χ0n) is 14.4. The van der Waals surface area contributed by atoms with Gasteiger partial charge in [0, 0.05) is 17.5 Å². The zero-order valence-corrected chi connectivity index (χ0v) is 15.2. The van der Waals surface area contributed by atoms with E-state index in [0.717, 1.165) is 39.8 Å². The molecule has 0 aliphatic rings. The highest BCUT2D eigenvalue weighted by Crippen LogP contribution is 2.21. The van der Waals surface area contributed by atoms with E-state index in [-0.39, 0.29) is 0 Å². The summed E-state index contributed by atoms with van der Waals surface area (Å²) in [6.07, 6.45) is 0. The largest absolute Gasteiger partial charge is 0.460 e. The molecule has 3 rings (SSSR count). The molecule has 24 heavy (non-hydrogen) atoms. The standard InChI is InChI=1S/C19H21N3OS/c1-5-20-19-22(21-15(4)18-11-8-14(3)23-18)17(12-24-19)16-9-6-13(2)7-10-16/h6-12H,5H2,1-4H3/b20-19?,21-15-. The summed E-state index contributed by atoms with van der Waals surface area (Å²) in [5, 5.41) is 6.88. The fraction of sp³-hybridized carbons (Fsp3) is 0.263. The molecule has 0 saturated heterocycles. The van der Waals surface area contributed by atoms with Gasteiger partial charge in [-0.05, 0) is 39.8 Å². The van der Waals surface area contributed by atoms with E-state index in [9.17, 15) is 0 Å². The molecule has 2 aromatic heterocycles. The van der Waals surface area contributed by atoms with Crippen LogP contribution in [0.2, 0.25) is 0 Å². The van der Waals surface area contributed by atoms with E-state index in [0.29, 0.717) is 0 Å². The predicted molar refractivity (Wildman–Crippen MR) is 99.6 cm³/mol. The van der Waals surface area contributed by atoms with E-state index in [1.807, 2.05) is 37.6 Å². The lowest BCUT2D eigenvalue weighted by molar-refractivity contribution is 0.524. The van der Waals surface area contributed by atoms with Gasteiger partial charge < -0.3 is 4.42 Å². The van der Waals surface area contributed by atoms with Gasteiger partial charge in [0.1, 0.15) is 17.2 Å². The van der Waals surface area contributed by atoms with Crippen molar-refractivity contribution in [3.05, 3.63) is 63.7 Å². The molecule has 0 radical (unpaired) electrons. The van der Waals surface area contributed by atoms with Crippen molar-refractivity contribution in [3.63, 3.8) is 0 Å². The van der Waals surface area contributed by atoms with Crippen LogP contribution in [0.3, 0.4) is 0 Å². The van der Waals surface area contributed by atoms with Gasteiger partial charge in [0.05, 0.1) is 5.69 Å². The molecule has 0 saturated carbocycles. The van der Waals surface area contributed by atoms with Crippen LogP contribution >= 0.6 is 11.3 Å². The summed E-state index contributed by atoms with van der Waals surface area (Å²) in [5.74, 6) is 1.66. The number of rotatable bonds is 4. The predicted octanol–water partition coefficient (Wildman–Crippen LogP) is 4.62. The topological polar surface area (TPSA) is 42.8 Å². The Morgan fingerprint density at radius 2 is 1.88 bits per heavy atom. The fourth-order valence-electron chi connectivity index (χ4n) is 2.39. The summed E-state index contributed by atoms with van der Waals surface area (Å²) >= 11 is 1.60. The van der Waals surface area contributed by atoms with E-state index in [1.165, 1.54) is 5.56 Å². The number of hydrogen-bond donors (Lipinski definition) is 0. The van der Waals surface area contributed by atoms with Gasteiger partial charge >= 0.3 is 0 Å². The molecule has 0 aliphatic carbocycles. The van der Waals surface area contributed by atoms with Crippen LogP contribution in [0.25, 0.3) is 11.3 Å². The quantitative estimate of drug-likeness (QED) is 0.640. The van der Waals surface area contributed by atoms with E-state index >= 15 is 0 Å². The van der Waals surface area contributed by atoms with Crippen molar-refractivity contribution in [2.24, 2.45) is 10.1 Å². The molecule has 1 aromatic carbocycles. The average Bonchev–Trinajstić information content (AvgIpc) is 3.16. The molecule has 5 heteroatoms. The minimum Gasteiger partial charge on any atom is -0.460 e. The molecule has 0 amide bonds. The molecule has 3 aromatic rings. The first-order valence-electron chi connectivity index (χ1n) is 7.99. The normalized spacial score (nSPS) is 12.8. The first-order valence-corrected chi connectivity index (χ1v) is 8.87. The Bertz CT molecular complexity index is 926. The second-order valence-electron chi connectivity index (χ2n) is 5.65. The zero-order chi connectivity index (χ0) is 17.1.